The summed E-state index contributed by atoms with van der Waals surface area (Å²) >= 11 is 7.56. The van der Waals surface area contributed by atoms with Crippen molar-refractivity contribution in [2.24, 2.45) is 0 Å². The van der Waals surface area contributed by atoms with Crippen LogP contribution in [0.3, 0.4) is 0 Å². The summed E-state index contributed by atoms with van der Waals surface area (Å²) in [5.41, 5.74) is 8.31. The predicted molar refractivity (Wildman–Crippen MR) is 85.8 cm³/mol. The van der Waals surface area contributed by atoms with Gasteiger partial charge in [0.25, 0.3) is 5.69 Å². The topological polar surface area (TPSA) is 82.0 Å². The van der Waals surface area contributed by atoms with Crippen LogP contribution in [-0.4, -0.2) is 9.91 Å². The van der Waals surface area contributed by atoms with Gasteiger partial charge in [-0.25, -0.2) is 0 Å². The number of pyridine rings is 1. The smallest absolute Gasteiger partial charge is 0.278 e. The number of nitrogen functional groups attached to an aromatic ring is 1. The van der Waals surface area contributed by atoms with Crippen molar-refractivity contribution in [1.29, 1.82) is 0 Å². The summed E-state index contributed by atoms with van der Waals surface area (Å²) in [6, 6.07) is 5.24. The number of aromatic nitrogens is 1. The Morgan fingerprint density at radius 2 is 2.14 bits per heavy atom. The van der Waals surface area contributed by atoms with Gasteiger partial charge in [0.1, 0.15) is 0 Å². The third-order valence-electron chi connectivity index (χ3n) is 3.08. The number of benzene rings is 1. The van der Waals surface area contributed by atoms with Crippen LogP contribution in [0.2, 0.25) is 5.02 Å². The molecule has 2 N–H and O–H groups in total. The van der Waals surface area contributed by atoms with Gasteiger partial charge in [-0.05, 0) is 32.0 Å². The molecule has 0 spiro atoms. The zero-order chi connectivity index (χ0) is 15.6. The van der Waals surface area contributed by atoms with Gasteiger partial charge in [0, 0.05) is 33.7 Å². The quantitative estimate of drug-likeness (QED) is 0.396. The van der Waals surface area contributed by atoms with Crippen molar-refractivity contribution in [3.63, 3.8) is 0 Å². The van der Waals surface area contributed by atoms with Crippen molar-refractivity contribution < 1.29 is 4.92 Å². The minimum atomic E-state index is -0.367. The highest BCUT2D eigenvalue weighted by Gasteiger charge is 2.18. The second kappa shape index (κ2) is 6.32. The van der Waals surface area contributed by atoms with E-state index in [1.165, 1.54) is 18.0 Å². The summed E-state index contributed by atoms with van der Waals surface area (Å²) in [6.07, 6.45) is 1.53. The van der Waals surface area contributed by atoms with Gasteiger partial charge < -0.3 is 5.73 Å². The highest BCUT2D eigenvalue weighted by molar-refractivity contribution is 7.98. The normalized spacial score (nSPS) is 10.6. The zero-order valence-corrected chi connectivity index (χ0v) is 13.2. The molecular weight excluding hydrogens is 310 g/mol. The van der Waals surface area contributed by atoms with E-state index in [1.807, 2.05) is 0 Å². The lowest BCUT2D eigenvalue weighted by atomic mass is 10.1. The molecule has 2 rings (SSSR count). The Labute approximate surface area is 131 Å². The van der Waals surface area contributed by atoms with Crippen LogP contribution in [-0.2, 0) is 5.75 Å². The fraction of sp³-hybridized carbons (Fsp3) is 0.214. The first kappa shape index (κ1) is 15.6. The van der Waals surface area contributed by atoms with Crippen LogP contribution >= 0.6 is 23.4 Å². The van der Waals surface area contributed by atoms with Crippen molar-refractivity contribution in [3.05, 3.63) is 56.4 Å². The molecule has 0 radical (unpaired) electrons. The van der Waals surface area contributed by atoms with Crippen molar-refractivity contribution in [3.8, 4) is 0 Å². The molecule has 0 aliphatic rings. The Morgan fingerprint density at radius 3 is 2.81 bits per heavy atom. The van der Waals surface area contributed by atoms with Crippen LogP contribution in [0.4, 0.5) is 11.4 Å². The molecule has 0 bridgehead atoms. The van der Waals surface area contributed by atoms with Crippen molar-refractivity contribution in [2.45, 2.75) is 24.5 Å². The summed E-state index contributed by atoms with van der Waals surface area (Å²) in [5.74, 6) is 0.496. The molecule has 7 heteroatoms. The minimum absolute atomic E-state index is 0.124. The molecule has 0 fully saturated rings. The second-order valence-corrected chi connectivity index (χ2v) is 6.02. The number of anilines is 1. The molecule has 0 saturated carbocycles. The second-order valence-electron chi connectivity index (χ2n) is 4.60. The lowest BCUT2D eigenvalue weighted by Gasteiger charge is -2.08. The fourth-order valence-corrected chi connectivity index (χ4v) is 3.26. The number of halogens is 1. The average molecular weight is 324 g/mol. The minimum Gasteiger partial charge on any atom is -0.399 e. The number of nitro groups is 1. The summed E-state index contributed by atoms with van der Waals surface area (Å²) in [7, 11) is 0. The Balaban J connectivity index is 2.27. The van der Waals surface area contributed by atoms with Gasteiger partial charge in [0.05, 0.1) is 15.6 Å². The van der Waals surface area contributed by atoms with E-state index in [0.717, 1.165) is 4.90 Å². The van der Waals surface area contributed by atoms with Crippen molar-refractivity contribution in [2.75, 3.05) is 5.73 Å². The van der Waals surface area contributed by atoms with Gasteiger partial charge in [-0.2, -0.15) is 0 Å². The lowest BCUT2D eigenvalue weighted by molar-refractivity contribution is -0.386. The highest BCUT2D eigenvalue weighted by Crippen LogP contribution is 2.33. The van der Waals surface area contributed by atoms with Crippen LogP contribution < -0.4 is 5.73 Å². The maximum absolute atomic E-state index is 11.1. The van der Waals surface area contributed by atoms with E-state index in [2.05, 4.69) is 4.98 Å². The summed E-state index contributed by atoms with van der Waals surface area (Å²) in [6.45, 7) is 3.40. The van der Waals surface area contributed by atoms with E-state index in [9.17, 15) is 10.1 Å². The van der Waals surface area contributed by atoms with Gasteiger partial charge >= 0.3 is 0 Å². The lowest BCUT2D eigenvalue weighted by Crippen LogP contribution is -2.01. The molecule has 1 heterocycles. The Kier molecular flexibility index (Phi) is 4.69. The van der Waals surface area contributed by atoms with Crippen LogP contribution in [0.15, 0.2) is 29.3 Å². The molecule has 0 saturated heterocycles. The average Bonchev–Trinajstić information content (AvgIpc) is 2.41. The summed E-state index contributed by atoms with van der Waals surface area (Å²) in [5, 5.41) is 11.7. The molecule has 0 aliphatic heterocycles. The highest BCUT2D eigenvalue weighted by atomic mass is 35.5. The molecular formula is C14H14ClN3O2S. The molecule has 1 aromatic heterocycles. The number of nitrogens with two attached hydrogens (primary N) is 1. The SMILES string of the molecule is Cc1cnc(CSc2cc(N)ccc2Cl)c(C)c1[N+](=O)[O-]. The monoisotopic (exact) mass is 323 g/mol. The van der Waals surface area contributed by atoms with E-state index >= 15 is 0 Å². The largest absolute Gasteiger partial charge is 0.399 e. The first-order chi connectivity index (χ1) is 9.90. The number of hydrogen-bond acceptors (Lipinski definition) is 5. The molecule has 0 atom stereocenters. The van der Waals surface area contributed by atoms with E-state index < -0.39 is 0 Å². The zero-order valence-electron chi connectivity index (χ0n) is 11.6. The maximum atomic E-state index is 11.1. The number of hydrogen-bond donors (Lipinski definition) is 1. The first-order valence-corrected chi connectivity index (χ1v) is 7.53. The standard InChI is InChI=1S/C14H14ClN3O2S/c1-8-6-17-12(9(2)14(8)18(19)20)7-21-13-5-10(16)3-4-11(13)15/h3-6H,7,16H2,1-2H3. The molecule has 2 aromatic rings. The fourth-order valence-electron chi connectivity index (χ4n) is 1.97. The Hall–Kier alpha value is -1.79. The van der Waals surface area contributed by atoms with Gasteiger partial charge in [-0.15, -0.1) is 11.8 Å². The van der Waals surface area contributed by atoms with Gasteiger partial charge in [0.15, 0.2) is 0 Å². The number of rotatable bonds is 4. The third-order valence-corrected chi connectivity index (χ3v) is 4.59. The van der Waals surface area contributed by atoms with Crippen LogP contribution in [0.25, 0.3) is 0 Å². The van der Waals surface area contributed by atoms with Crippen molar-refractivity contribution >= 4 is 34.7 Å². The molecule has 5 nitrogen and oxygen atoms in total. The first-order valence-electron chi connectivity index (χ1n) is 6.17. The van der Waals surface area contributed by atoms with Crippen LogP contribution in [0, 0.1) is 24.0 Å². The van der Waals surface area contributed by atoms with Crippen LogP contribution in [0.5, 0.6) is 0 Å². The van der Waals surface area contributed by atoms with E-state index in [4.69, 9.17) is 17.3 Å². The van der Waals surface area contributed by atoms with Gasteiger partial charge in [-0.3, -0.25) is 15.1 Å². The predicted octanol–water partition coefficient (Wildman–Crippen LogP) is 4.13. The molecule has 0 unspecified atom stereocenters. The molecule has 21 heavy (non-hydrogen) atoms. The molecule has 1 aromatic carbocycles. The van der Waals surface area contributed by atoms with Crippen LogP contribution in [0.1, 0.15) is 16.8 Å². The Morgan fingerprint density at radius 1 is 1.43 bits per heavy atom. The molecule has 0 aliphatic carbocycles. The number of thioether (sulfide) groups is 1. The van der Waals surface area contributed by atoms with E-state index in [1.54, 1.807) is 32.0 Å². The summed E-state index contributed by atoms with van der Waals surface area (Å²) < 4.78 is 0. The Bertz CT molecular complexity index is 707. The number of aryl methyl sites for hydroxylation is 1. The summed E-state index contributed by atoms with van der Waals surface area (Å²) in [4.78, 5) is 15.9. The third kappa shape index (κ3) is 3.46. The molecule has 0 amide bonds. The van der Waals surface area contributed by atoms with Gasteiger partial charge in [-0.1, -0.05) is 11.6 Å². The maximum Gasteiger partial charge on any atom is 0.278 e. The van der Waals surface area contributed by atoms with Gasteiger partial charge in [0.2, 0.25) is 0 Å². The van der Waals surface area contributed by atoms with Crippen molar-refractivity contribution in [1.82, 2.24) is 4.98 Å². The van der Waals surface area contributed by atoms with E-state index in [-0.39, 0.29) is 10.6 Å². The number of nitrogens with zero attached hydrogens (tertiary/aromatic N) is 2. The van der Waals surface area contributed by atoms with E-state index in [0.29, 0.717) is 33.3 Å². The molecule has 110 valence electrons.